The fourth-order valence-corrected chi connectivity index (χ4v) is 3.71. The van der Waals surface area contributed by atoms with E-state index in [1.54, 1.807) is 24.4 Å². The average molecular weight is 436 g/mol. The zero-order valence-corrected chi connectivity index (χ0v) is 17.1. The number of allylic oxidation sites excluding steroid dienone is 5. The second kappa shape index (κ2) is 9.02. The minimum Gasteiger partial charge on any atom is -0.390 e. The highest BCUT2D eigenvalue weighted by Gasteiger charge is 2.42. The van der Waals surface area contributed by atoms with Gasteiger partial charge in [0, 0.05) is 17.7 Å². The summed E-state index contributed by atoms with van der Waals surface area (Å²) in [5.41, 5.74) is 0.750. The first-order valence-corrected chi connectivity index (χ1v) is 10.7. The van der Waals surface area contributed by atoms with Crippen LogP contribution in [-0.2, 0) is 14.5 Å². The monoisotopic (exact) mass is 436 g/mol. The Hall–Kier alpha value is -2.64. The van der Waals surface area contributed by atoms with Crippen molar-refractivity contribution in [2.75, 3.05) is 11.9 Å². The number of nitrogens with zero attached hydrogens (tertiary/aromatic N) is 4. The number of nitrogens with one attached hydrogen (secondary N) is 1. The third-order valence-electron chi connectivity index (χ3n) is 4.72. The van der Waals surface area contributed by atoms with Gasteiger partial charge in [0.15, 0.2) is 5.82 Å². The first-order valence-electron chi connectivity index (χ1n) is 9.21. The van der Waals surface area contributed by atoms with Crippen molar-refractivity contribution >= 4 is 27.5 Å². The lowest BCUT2D eigenvalue weighted by molar-refractivity contribution is 0.00777. The summed E-state index contributed by atoms with van der Waals surface area (Å²) in [6.07, 6.45) is 6.58. The third-order valence-corrected chi connectivity index (χ3v) is 5.19. The molecule has 0 radical (unpaired) electrons. The number of fused-ring (bicyclic) bond motifs is 1. The fraction of sp³-hybridized carbons (Fsp3) is 0.389. The van der Waals surface area contributed by atoms with E-state index in [0.29, 0.717) is 17.4 Å². The molecule has 0 aliphatic heterocycles. The third kappa shape index (κ3) is 4.91. The van der Waals surface area contributed by atoms with Crippen molar-refractivity contribution in [2.45, 2.75) is 31.6 Å². The first kappa shape index (κ1) is 22.1. The minimum atomic E-state index is -4.13. The van der Waals surface area contributed by atoms with Crippen LogP contribution in [0.1, 0.15) is 19.2 Å². The van der Waals surface area contributed by atoms with Crippen molar-refractivity contribution in [1.29, 1.82) is 0 Å². The van der Waals surface area contributed by atoms with Crippen LogP contribution in [0, 0.1) is 5.92 Å². The van der Waals surface area contributed by atoms with Crippen LogP contribution >= 0.6 is 0 Å². The van der Waals surface area contributed by atoms with Crippen LogP contribution in [0.2, 0.25) is 0 Å². The molecule has 30 heavy (non-hydrogen) atoms. The molecule has 11 nitrogen and oxygen atoms in total. The zero-order valence-electron chi connectivity index (χ0n) is 16.3. The lowest BCUT2D eigenvalue weighted by Gasteiger charge is -2.19. The van der Waals surface area contributed by atoms with Crippen molar-refractivity contribution in [3.8, 4) is 0 Å². The first-order chi connectivity index (χ1) is 14.2. The van der Waals surface area contributed by atoms with Crippen molar-refractivity contribution in [3.63, 3.8) is 0 Å². The molecular formula is C18H24N6O5S. The van der Waals surface area contributed by atoms with E-state index in [9.17, 15) is 18.6 Å². The molecule has 0 unspecified atom stereocenters. The van der Waals surface area contributed by atoms with E-state index in [1.807, 2.05) is 19.1 Å². The summed E-state index contributed by atoms with van der Waals surface area (Å²) in [6.45, 7) is 5.24. The Morgan fingerprint density at radius 1 is 1.47 bits per heavy atom. The SMILES string of the molecule is C=C/C=C(\C=C/C)c1nc2nccc(N[C@@H]3C[C@H](COS(N)(=O)=O)[C@@H](O)[C@H]3O)n2n1. The second-order valence-corrected chi connectivity index (χ2v) is 8.06. The standard InChI is InChI=1S/C18H24N6O5S/c1-3-5-11(6-4-2)17-22-18-20-8-7-14(24(18)23-17)21-13-9-12(15(25)16(13)26)10-29-30(19,27)28/h3-8,12-13,15-16,21,25-26H,1,9-10H2,2H3,(H2,19,27,28)/b6-4-,11-5+/t12-,13-,15-,16+/m1/s1. The number of anilines is 1. The van der Waals surface area contributed by atoms with Crippen LogP contribution in [0.4, 0.5) is 5.82 Å². The number of aromatic nitrogens is 4. The number of hydrogen-bond donors (Lipinski definition) is 4. The summed E-state index contributed by atoms with van der Waals surface area (Å²) >= 11 is 0. The zero-order chi connectivity index (χ0) is 21.9. The Morgan fingerprint density at radius 2 is 2.23 bits per heavy atom. The van der Waals surface area contributed by atoms with Gasteiger partial charge in [-0.3, -0.25) is 4.18 Å². The predicted molar refractivity (Wildman–Crippen MR) is 110 cm³/mol. The smallest absolute Gasteiger partial charge is 0.333 e. The number of hydrogen-bond acceptors (Lipinski definition) is 9. The number of nitrogens with two attached hydrogens (primary N) is 1. The molecule has 4 atom stereocenters. The van der Waals surface area contributed by atoms with Gasteiger partial charge in [0.2, 0.25) is 0 Å². The van der Waals surface area contributed by atoms with Gasteiger partial charge in [-0.05, 0) is 19.4 Å². The Labute approximate surface area is 173 Å². The highest BCUT2D eigenvalue weighted by Crippen LogP contribution is 2.30. The van der Waals surface area contributed by atoms with Gasteiger partial charge in [-0.1, -0.05) is 30.9 Å². The topological polar surface area (TPSA) is 165 Å². The molecular weight excluding hydrogens is 412 g/mol. The Bertz CT molecular complexity index is 1080. The molecule has 0 spiro atoms. The van der Waals surface area contributed by atoms with E-state index in [1.165, 1.54) is 4.52 Å². The Morgan fingerprint density at radius 3 is 2.90 bits per heavy atom. The largest absolute Gasteiger partial charge is 0.390 e. The molecule has 12 heteroatoms. The Balaban J connectivity index is 1.83. The van der Waals surface area contributed by atoms with Crippen molar-refractivity contribution in [2.24, 2.45) is 11.1 Å². The molecule has 1 fully saturated rings. The highest BCUT2D eigenvalue weighted by molar-refractivity contribution is 7.84. The van der Waals surface area contributed by atoms with Crippen LogP contribution in [0.15, 0.2) is 43.1 Å². The van der Waals surface area contributed by atoms with E-state index in [0.717, 1.165) is 5.57 Å². The molecule has 1 saturated carbocycles. The molecule has 2 aromatic heterocycles. The summed E-state index contributed by atoms with van der Waals surface area (Å²) in [7, 11) is -4.13. The van der Waals surface area contributed by atoms with Gasteiger partial charge in [0.1, 0.15) is 11.9 Å². The maximum Gasteiger partial charge on any atom is 0.333 e. The fourth-order valence-electron chi connectivity index (χ4n) is 3.34. The van der Waals surface area contributed by atoms with E-state index >= 15 is 0 Å². The van der Waals surface area contributed by atoms with Crippen LogP contribution in [-0.4, -0.2) is 63.1 Å². The summed E-state index contributed by atoms with van der Waals surface area (Å²) in [5, 5.41) is 33.0. The summed E-state index contributed by atoms with van der Waals surface area (Å²) in [5.74, 6) is 0.676. The van der Waals surface area contributed by atoms with E-state index in [-0.39, 0.29) is 13.0 Å². The molecule has 162 valence electrons. The van der Waals surface area contributed by atoms with Crippen molar-refractivity contribution in [1.82, 2.24) is 19.6 Å². The Kier molecular flexibility index (Phi) is 6.63. The normalized spacial score (nSPS) is 25.3. The number of aliphatic hydroxyl groups excluding tert-OH is 2. The van der Waals surface area contributed by atoms with Crippen LogP contribution in [0.3, 0.4) is 0 Å². The molecule has 2 heterocycles. The summed E-state index contributed by atoms with van der Waals surface area (Å²) in [4.78, 5) is 8.62. The average Bonchev–Trinajstić information content (AvgIpc) is 3.23. The van der Waals surface area contributed by atoms with Gasteiger partial charge in [-0.25, -0.2) is 10.1 Å². The summed E-state index contributed by atoms with van der Waals surface area (Å²) < 4.78 is 28.1. The molecule has 0 aromatic carbocycles. The van der Waals surface area contributed by atoms with Crippen LogP contribution < -0.4 is 10.5 Å². The molecule has 1 aliphatic carbocycles. The molecule has 0 amide bonds. The molecule has 0 bridgehead atoms. The lowest BCUT2D eigenvalue weighted by Crippen LogP contribution is -2.36. The predicted octanol–water partition coefficient (Wildman–Crippen LogP) is 0.0121. The number of rotatable bonds is 8. The minimum absolute atomic E-state index is 0.253. The van der Waals surface area contributed by atoms with Gasteiger partial charge in [-0.2, -0.15) is 17.9 Å². The maximum atomic E-state index is 11.0. The number of aliphatic hydroxyl groups is 2. The molecule has 3 rings (SSSR count). The van der Waals surface area contributed by atoms with Crippen molar-refractivity contribution < 1.29 is 22.8 Å². The maximum absolute atomic E-state index is 11.0. The van der Waals surface area contributed by atoms with E-state index < -0.39 is 34.5 Å². The van der Waals surface area contributed by atoms with E-state index in [4.69, 9.17) is 5.14 Å². The van der Waals surface area contributed by atoms with Crippen molar-refractivity contribution in [3.05, 3.63) is 49.0 Å². The van der Waals surface area contributed by atoms with E-state index in [2.05, 4.69) is 31.1 Å². The molecule has 0 saturated heterocycles. The molecule has 2 aromatic rings. The quantitative estimate of drug-likeness (QED) is 0.417. The van der Waals surface area contributed by atoms with Crippen LogP contribution in [0.25, 0.3) is 11.4 Å². The second-order valence-electron chi connectivity index (χ2n) is 6.84. The van der Waals surface area contributed by atoms with Gasteiger partial charge in [0.05, 0.1) is 18.8 Å². The molecule has 5 N–H and O–H groups in total. The summed E-state index contributed by atoms with van der Waals surface area (Å²) in [6, 6.07) is 1.08. The van der Waals surface area contributed by atoms with Gasteiger partial charge < -0.3 is 15.5 Å². The lowest BCUT2D eigenvalue weighted by atomic mass is 10.1. The van der Waals surface area contributed by atoms with Gasteiger partial charge in [-0.15, -0.1) is 5.10 Å². The van der Waals surface area contributed by atoms with Gasteiger partial charge >= 0.3 is 10.3 Å². The van der Waals surface area contributed by atoms with Crippen LogP contribution in [0.5, 0.6) is 0 Å². The molecule has 1 aliphatic rings. The van der Waals surface area contributed by atoms with Gasteiger partial charge in [0.25, 0.3) is 5.78 Å². The highest BCUT2D eigenvalue weighted by atomic mass is 32.2.